The monoisotopic (exact) mass is 474 g/mol. The lowest BCUT2D eigenvalue weighted by Crippen LogP contribution is -2.51. The van der Waals surface area contributed by atoms with E-state index >= 15 is 0 Å². The van der Waals surface area contributed by atoms with Gasteiger partial charge in [0.05, 0.1) is 19.0 Å². The minimum absolute atomic E-state index is 0.0105. The number of ether oxygens (including phenoxy) is 1. The maximum atomic E-state index is 13.3. The Morgan fingerprint density at radius 3 is 1.71 bits per heavy atom. The van der Waals surface area contributed by atoms with E-state index in [0.29, 0.717) is 0 Å². The second kappa shape index (κ2) is 12.3. The van der Waals surface area contributed by atoms with E-state index in [1.54, 1.807) is 0 Å². The van der Waals surface area contributed by atoms with Crippen LogP contribution in [0.15, 0.2) is 91.0 Å². The predicted octanol–water partition coefficient (Wildman–Crippen LogP) is 2.28. The van der Waals surface area contributed by atoms with Gasteiger partial charge in [-0.15, -0.1) is 0 Å². The number of benzene rings is 3. The highest BCUT2D eigenvalue weighted by molar-refractivity contribution is 5.89. The van der Waals surface area contributed by atoms with Crippen molar-refractivity contribution in [3.63, 3.8) is 0 Å². The fourth-order valence-corrected chi connectivity index (χ4v) is 3.85. The highest BCUT2D eigenvalue weighted by Crippen LogP contribution is 2.36. The molecular formula is C27H30N4O4. The van der Waals surface area contributed by atoms with Gasteiger partial charge in [-0.25, -0.2) is 4.79 Å². The van der Waals surface area contributed by atoms with E-state index in [1.165, 1.54) is 7.05 Å². The van der Waals surface area contributed by atoms with E-state index in [4.69, 9.17) is 10.5 Å². The summed E-state index contributed by atoms with van der Waals surface area (Å²) in [7, 11) is 1.44. The maximum absolute atomic E-state index is 13.3. The van der Waals surface area contributed by atoms with Crippen molar-refractivity contribution >= 4 is 17.9 Å². The van der Waals surface area contributed by atoms with Crippen molar-refractivity contribution in [1.29, 1.82) is 0 Å². The minimum atomic E-state index is -1.07. The molecule has 0 aliphatic heterocycles. The van der Waals surface area contributed by atoms with Crippen LogP contribution in [0, 0.1) is 0 Å². The van der Waals surface area contributed by atoms with Crippen molar-refractivity contribution in [2.45, 2.75) is 18.0 Å². The third-order valence-corrected chi connectivity index (χ3v) is 5.53. The molecule has 35 heavy (non-hydrogen) atoms. The lowest BCUT2D eigenvalue weighted by Gasteiger charge is -2.37. The number of amides is 3. The molecule has 0 aromatic heterocycles. The number of rotatable bonds is 10. The molecule has 0 saturated carbocycles. The number of nitrogens with one attached hydrogen (secondary N) is 3. The SMILES string of the molecule is CNC(=O)OCCNC(=O)C(N)CC(=O)NC(c1ccccc1)(c1ccccc1)c1ccccc1. The third-order valence-electron chi connectivity index (χ3n) is 5.53. The Morgan fingerprint density at radius 2 is 1.29 bits per heavy atom. The first-order chi connectivity index (χ1) is 17.0. The molecule has 1 atom stereocenters. The smallest absolute Gasteiger partial charge is 0.406 e. The summed E-state index contributed by atoms with van der Waals surface area (Å²) >= 11 is 0. The number of hydrogen-bond acceptors (Lipinski definition) is 5. The van der Waals surface area contributed by atoms with Crippen molar-refractivity contribution in [3.05, 3.63) is 108 Å². The van der Waals surface area contributed by atoms with Gasteiger partial charge in [0.1, 0.15) is 12.1 Å². The predicted molar refractivity (Wildman–Crippen MR) is 133 cm³/mol. The summed E-state index contributed by atoms with van der Waals surface area (Å²) in [6.07, 6.45) is -0.821. The normalized spacial score (nSPS) is 11.7. The van der Waals surface area contributed by atoms with Crippen LogP contribution in [0.4, 0.5) is 4.79 Å². The van der Waals surface area contributed by atoms with Gasteiger partial charge in [-0.1, -0.05) is 91.0 Å². The van der Waals surface area contributed by atoms with Crippen molar-refractivity contribution in [3.8, 4) is 0 Å². The first-order valence-corrected chi connectivity index (χ1v) is 11.3. The molecule has 0 radical (unpaired) electrons. The second-order valence-corrected chi connectivity index (χ2v) is 7.88. The Hall–Kier alpha value is -4.17. The molecule has 8 nitrogen and oxygen atoms in total. The molecule has 5 N–H and O–H groups in total. The van der Waals surface area contributed by atoms with Crippen LogP contribution in [0.2, 0.25) is 0 Å². The fraction of sp³-hybridized carbons (Fsp3) is 0.222. The van der Waals surface area contributed by atoms with Crippen LogP contribution < -0.4 is 21.7 Å². The van der Waals surface area contributed by atoms with Crippen LogP contribution in [0.25, 0.3) is 0 Å². The Balaban J connectivity index is 1.83. The quantitative estimate of drug-likeness (QED) is 0.265. The van der Waals surface area contributed by atoms with Crippen molar-refractivity contribution < 1.29 is 19.1 Å². The van der Waals surface area contributed by atoms with Gasteiger partial charge in [-0.3, -0.25) is 9.59 Å². The Morgan fingerprint density at radius 1 is 0.829 bits per heavy atom. The van der Waals surface area contributed by atoms with Crippen LogP contribution in [0.3, 0.4) is 0 Å². The zero-order valence-electron chi connectivity index (χ0n) is 19.6. The fourth-order valence-electron chi connectivity index (χ4n) is 3.85. The minimum Gasteiger partial charge on any atom is -0.448 e. The lowest BCUT2D eigenvalue weighted by molar-refractivity contribution is -0.128. The summed E-state index contributed by atoms with van der Waals surface area (Å²) in [6.45, 7) is 0.0764. The average Bonchev–Trinajstić information content (AvgIpc) is 2.90. The molecule has 0 heterocycles. The first kappa shape index (κ1) is 25.5. The highest BCUT2D eigenvalue weighted by Gasteiger charge is 2.38. The molecular weight excluding hydrogens is 444 g/mol. The standard InChI is InChI=1S/C27H30N4O4/c1-29-26(34)35-18-17-30-25(33)23(28)19-24(32)31-27(20-11-5-2-6-12-20,21-13-7-3-8-14-21)22-15-9-4-10-16-22/h2-16,23H,17-19,28H2,1H3,(H,29,34)(H,30,33)(H,31,32). The van der Waals surface area contributed by atoms with E-state index in [-0.39, 0.29) is 25.5 Å². The summed E-state index contributed by atoms with van der Waals surface area (Å²) in [5.74, 6) is -0.892. The van der Waals surface area contributed by atoms with Crippen LogP contribution in [0.5, 0.6) is 0 Å². The summed E-state index contributed by atoms with van der Waals surface area (Å²) < 4.78 is 4.83. The van der Waals surface area contributed by atoms with E-state index < -0.39 is 23.6 Å². The summed E-state index contributed by atoms with van der Waals surface area (Å²) in [5.41, 5.74) is 7.65. The number of nitrogens with two attached hydrogens (primary N) is 1. The van der Waals surface area contributed by atoms with E-state index in [2.05, 4.69) is 16.0 Å². The van der Waals surface area contributed by atoms with Gasteiger partial charge in [0, 0.05) is 7.05 Å². The molecule has 0 saturated heterocycles. The Bertz CT molecular complexity index is 1010. The van der Waals surface area contributed by atoms with Gasteiger partial charge in [0.2, 0.25) is 11.8 Å². The Kier molecular flexibility index (Phi) is 8.97. The van der Waals surface area contributed by atoms with Gasteiger partial charge in [0.15, 0.2) is 0 Å². The summed E-state index contributed by atoms with van der Waals surface area (Å²) in [4.78, 5) is 36.8. The summed E-state index contributed by atoms with van der Waals surface area (Å²) in [6, 6.07) is 27.9. The summed E-state index contributed by atoms with van der Waals surface area (Å²) in [5, 5.41) is 8.07. The molecule has 0 aliphatic carbocycles. The molecule has 3 aromatic carbocycles. The van der Waals surface area contributed by atoms with Crippen LogP contribution >= 0.6 is 0 Å². The van der Waals surface area contributed by atoms with E-state index in [9.17, 15) is 14.4 Å². The molecule has 0 aliphatic rings. The molecule has 182 valence electrons. The van der Waals surface area contributed by atoms with Crippen LogP contribution in [-0.2, 0) is 19.9 Å². The molecule has 3 rings (SSSR count). The van der Waals surface area contributed by atoms with Gasteiger partial charge in [-0.05, 0) is 16.7 Å². The van der Waals surface area contributed by atoms with Crippen LogP contribution in [-0.4, -0.2) is 44.1 Å². The molecule has 1 unspecified atom stereocenters. The highest BCUT2D eigenvalue weighted by atomic mass is 16.5. The first-order valence-electron chi connectivity index (χ1n) is 11.3. The largest absolute Gasteiger partial charge is 0.448 e. The third kappa shape index (κ3) is 6.45. The number of hydrogen-bond donors (Lipinski definition) is 4. The zero-order valence-corrected chi connectivity index (χ0v) is 19.6. The number of carbonyl (C=O) groups excluding carboxylic acids is 3. The number of carbonyl (C=O) groups is 3. The van der Waals surface area contributed by atoms with Crippen LogP contribution in [0.1, 0.15) is 23.1 Å². The zero-order chi connectivity index (χ0) is 25.1. The van der Waals surface area contributed by atoms with Crippen molar-refractivity contribution in [1.82, 2.24) is 16.0 Å². The van der Waals surface area contributed by atoms with Gasteiger partial charge in [-0.2, -0.15) is 0 Å². The molecule has 8 heteroatoms. The molecule has 3 amide bonds. The van der Waals surface area contributed by atoms with E-state index in [0.717, 1.165) is 16.7 Å². The molecule has 0 fully saturated rings. The topological polar surface area (TPSA) is 123 Å². The second-order valence-electron chi connectivity index (χ2n) is 7.88. The van der Waals surface area contributed by atoms with Gasteiger partial charge >= 0.3 is 6.09 Å². The Labute approximate surface area is 204 Å². The van der Waals surface area contributed by atoms with E-state index in [1.807, 2.05) is 91.0 Å². The van der Waals surface area contributed by atoms with Crippen molar-refractivity contribution in [2.75, 3.05) is 20.2 Å². The average molecular weight is 475 g/mol. The van der Waals surface area contributed by atoms with Gasteiger partial charge < -0.3 is 26.4 Å². The molecule has 0 bridgehead atoms. The maximum Gasteiger partial charge on any atom is 0.406 e. The number of alkyl carbamates (subject to hydrolysis) is 1. The van der Waals surface area contributed by atoms with Crippen molar-refractivity contribution in [2.24, 2.45) is 5.73 Å². The van der Waals surface area contributed by atoms with Gasteiger partial charge in [0.25, 0.3) is 0 Å². The molecule has 0 spiro atoms. The molecule has 3 aromatic rings. The lowest BCUT2D eigenvalue weighted by atomic mass is 9.77.